The van der Waals surface area contributed by atoms with Crippen molar-refractivity contribution in [2.24, 2.45) is 0 Å². The number of benzene rings is 4. The highest BCUT2D eigenvalue weighted by Crippen LogP contribution is 2.36. The van der Waals surface area contributed by atoms with E-state index in [4.69, 9.17) is 37.4 Å². The number of halogens is 3. The van der Waals surface area contributed by atoms with E-state index in [1.54, 1.807) is 54.6 Å². The quantitative estimate of drug-likeness (QED) is 0.0999. The molecule has 8 nitrogen and oxygen atoms in total. The smallest absolute Gasteiger partial charge is 0.335 e. The molecule has 1 aliphatic heterocycles. The first-order valence-corrected chi connectivity index (χ1v) is 15.7. The molecule has 0 atom stereocenters. The van der Waals surface area contributed by atoms with Crippen LogP contribution in [0.15, 0.2) is 84.4 Å². The highest BCUT2D eigenvalue weighted by molar-refractivity contribution is 14.1. The van der Waals surface area contributed by atoms with E-state index >= 15 is 0 Å². The molecule has 4 aromatic rings. The second-order valence-electron chi connectivity index (χ2n) is 10.0. The monoisotopic (exact) mass is 756 g/mol. The first-order valence-electron chi connectivity index (χ1n) is 13.9. The number of urea groups is 1. The average Bonchev–Trinajstić information content (AvgIpc) is 3.00. The zero-order valence-corrected chi connectivity index (χ0v) is 27.9. The number of imide groups is 2. The lowest BCUT2D eigenvalue weighted by atomic mass is 10.1. The fourth-order valence-corrected chi connectivity index (χ4v) is 5.71. The van der Waals surface area contributed by atoms with Crippen molar-refractivity contribution in [3.63, 3.8) is 0 Å². The number of anilines is 1. The summed E-state index contributed by atoms with van der Waals surface area (Å²) in [6.45, 7) is 4.79. The van der Waals surface area contributed by atoms with E-state index < -0.39 is 17.8 Å². The zero-order chi connectivity index (χ0) is 32.1. The van der Waals surface area contributed by atoms with Crippen LogP contribution in [-0.2, 0) is 22.8 Å². The second-order valence-corrected chi connectivity index (χ2v) is 12.0. The lowest BCUT2D eigenvalue weighted by Crippen LogP contribution is -2.54. The average molecular weight is 757 g/mol. The van der Waals surface area contributed by atoms with Crippen LogP contribution in [0.3, 0.4) is 0 Å². The van der Waals surface area contributed by atoms with Gasteiger partial charge in [0.25, 0.3) is 11.8 Å². The molecule has 0 spiro atoms. The van der Waals surface area contributed by atoms with E-state index in [-0.39, 0.29) is 17.9 Å². The van der Waals surface area contributed by atoms with Gasteiger partial charge in [0.2, 0.25) is 0 Å². The largest absolute Gasteiger partial charge is 0.490 e. The number of aryl methyl sites for hydroxylation is 1. The van der Waals surface area contributed by atoms with Gasteiger partial charge in [-0.25, -0.2) is 9.69 Å². The summed E-state index contributed by atoms with van der Waals surface area (Å²) < 4.78 is 18.5. The molecule has 0 aromatic heterocycles. The lowest BCUT2D eigenvalue weighted by molar-refractivity contribution is -0.122. The molecule has 4 aromatic carbocycles. The van der Waals surface area contributed by atoms with Gasteiger partial charge < -0.3 is 14.2 Å². The van der Waals surface area contributed by atoms with Crippen molar-refractivity contribution in [1.29, 1.82) is 0 Å². The summed E-state index contributed by atoms with van der Waals surface area (Å²) in [7, 11) is 0. The molecule has 0 aliphatic carbocycles. The van der Waals surface area contributed by atoms with Gasteiger partial charge in [-0.2, -0.15) is 0 Å². The standard InChI is InChI=1S/C34H27Cl2IN2O6/c1-3-43-30-16-22(15-29(37)31(30)45-18-21-6-4-20(2)5-7-21)14-27-32(40)38-34(42)39(33(27)41)25-10-12-26(13-11-25)44-19-23-8-9-24(35)17-28(23)36/h4-17H,3,18-19H2,1-2H3,(H,38,40,42)/b27-14+. The fourth-order valence-electron chi connectivity index (χ4n) is 4.46. The molecule has 45 heavy (non-hydrogen) atoms. The van der Waals surface area contributed by atoms with Crippen LogP contribution in [-0.4, -0.2) is 24.5 Å². The maximum atomic E-state index is 13.5. The highest BCUT2D eigenvalue weighted by Gasteiger charge is 2.37. The molecule has 1 saturated heterocycles. The van der Waals surface area contributed by atoms with Crippen molar-refractivity contribution < 1.29 is 28.6 Å². The van der Waals surface area contributed by atoms with Crippen molar-refractivity contribution in [2.75, 3.05) is 11.5 Å². The SMILES string of the molecule is CCOc1cc(/C=C2\C(=O)NC(=O)N(c3ccc(OCc4ccc(Cl)cc4Cl)cc3)C2=O)cc(I)c1OCc1ccc(C)cc1. The number of nitrogens with one attached hydrogen (secondary N) is 1. The highest BCUT2D eigenvalue weighted by atomic mass is 127. The third-order valence-corrected chi connectivity index (χ3v) is 8.14. The molecule has 4 amide bonds. The van der Waals surface area contributed by atoms with Crippen LogP contribution >= 0.6 is 45.8 Å². The minimum absolute atomic E-state index is 0.193. The predicted molar refractivity (Wildman–Crippen MR) is 182 cm³/mol. The Balaban J connectivity index is 1.35. The maximum absolute atomic E-state index is 13.5. The number of hydrogen-bond donors (Lipinski definition) is 1. The van der Waals surface area contributed by atoms with Crippen LogP contribution in [0, 0.1) is 10.5 Å². The number of rotatable bonds is 10. The molecule has 1 N–H and O–H groups in total. The molecule has 0 unspecified atom stereocenters. The summed E-state index contributed by atoms with van der Waals surface area (Å²) in [5, 5.41) is 3.25. The summed E-state index contributed by atoms with van der Waals surface area (Å²) in [6, 6.07) is 22.1. The number of amides is 4. The molecular formula is C34H27Cl2IN2O6. The molecule has 230 valence electrons. The topological polar surface area (TPSA) is 94.2 Å². The van der Waals surface area contributed by atoms with E-state index in [0.29, 0.717) is 46.1 Å². The maximum Gasteiger partial charge on any atom is 0.335 e. The third kappa shape index (κ3) is 7.78. The molecule has 0 bridgehead atoms. The molecule has 1 fully saturated rings. The van der Waals surface area contributed by atoms with E-state index in [2.05, 4.69) is 27.9 Å². The van der Waals surface area contributed by atoms with Crippen LogP contribution < -0.4 is 24.4 Å². The summed E-state index contributed by atoms with van der Waals surface area (Å²) >= 11 is 14.3. The lowest BCUT2D eigenvalue weighted by Gasteiger charge is -2.26. The Labute approximate surface area is 284 Å². The summed E-state index contributed by atoms with van der Waals surface area (Å²) in [4.78, 5) is 40.0. The van der Waals surface area contributed by atoms with Gasteiger partial charge >= 0.3 is 6.03 Å². The first-order chi connectivity index (χ1) is 21.6. The van der Waals surface area contributed by atoms with Gasteiger partial charge in [-0.05, 0) is 102 Å². The van der Waals surface area contributed by atoms with E-state index in [1.165, 1.54) is 6.08 Å². The molecular weight excluding hydrogens is 730 g/mol. The number of carbonyl (C=O) groups excluding carboxylic acids is 3. The molecule has 1 heterocycles. The Kier molecular flexibility index (Phi) is 10.3. The number of hydrogen-bond acceptors (Lipinski definition) is 6. The van der Waals surface area contributed by atoms with E-state index in [9.17, 15) is 14.4 Å². The molecule has 0 radical (unpaired) electrons. The van der Waals surface area contributed by atoms with Crippen LogP contribution in [0.5, 0.6) is 17.2 Å². The third-order valence-electron chi connectivity index (χ3n) is 6.75. The Morgan fingerprint density at radius 3 is 2.29 bits per heavy atom. The summed E-state index contributed by atoms with van der Waals surface area (Å²) in [5.74, 6) is -0.0524. The van der Waals surface area contributed by atoms with Crippen molar-refractivity contribution in [3.05, 3.63) is 120 Å². The Bertz CT molecular complexity index is 1790. The van der Waals surface area contributed by atoms with Crippen molar-refractivity contribution >= 4 is 75.4 Å². The van der Waals surface area contributed by atoms with Gasteiger partial charge in [-0.15, -0.1) is 0 Å². The van der Waals surface area contributed by atoms with Crippen LogP contribution in [0.25, 0.3) is 6.08 Å². The Hall–Kier alpha value is -4.06. The minimum Gasteiger partial charge on any atom is -0.490 e. The van der Waals surface area contributed by atoms with Gasteiger partial charge in [0.1, 0.15) is 24.5 Å². The van der Waals surface area contributed by atoms with E-state index in [0.717, 1.165) is 25.2 Å². The van der Waals surface area contributed by atoms with Crippen LogP contribution in [0.1, 0.15) is 29.2 Å². The normalized spacial score (nSPS) is 14.0. The van der Waals surface area contributed by atoms with Crippen molar-refractivity contribution in [2.45, 2.75) is 27.1 Å². The van der Waals surface area contributed by atoms with Gasteiger partial charge in [-0.3, -0.25) is 14.9 Å². The predicted octanol–water partition coefficient (Wildman–Crippen LogP) is 8.13. The molecule has 11 heteroatoms. The number of barbiturate groups is 1. The number of ether oxygens (including phenoxy) is 3. The van der Waals surface area contributed by atoms with Gasteiger partial charge in [0.05, 0.1) is 15.9 Å². The van der Waals surface area contributed by atoms with Gasteiger partial charge in [0.15, 0.2) is 11.5 Å². The minimum atomic E-state index is -0.854. The van der Waals surface area contributed by atoms with Gasteiger partial charge in [-0.1, -0.05) is 59.1 Å². The second kappa shape index (κ2) is 14.4. The van der Waals surface area contributed by atoms with Crippen molar-refractivity contribution in [1.82, 2.24) is 5.32 Å². The van der Waals surface area contributed by atoms with Crippen molar-refractivity contribution in [3.8, 4) is 17.2 Å². The Morgan fingerprint density at radius 1 is 0.867 bits per heavy atom. The fraction of sp³-hybridized carbons (Fsp3) is 0.147. The zero-order valence-electron chi connectivity index (χ0n) is 24.2. The van der Waals surface area contributed by atoms with E-state index in [1.807, 2.05) is 38.1 Å². The summed E-state index contributed by atoms with van der Waals surface area (Å²) in [6.07, 6.45) is 1.43. The Morgan fingerprint density at radius 2 is 1.60 bits per heavy atom. The first kappa shape index (κ1) is 32.3. The molecule has 0 saturated carbocycles. The summed E-state index contributed by atoms with van der Waals surface area (Å²) in [5.41, 5.74) is 3.49. The molecule has 1 aliphatic rings. The van der Waals surface area contributed by atoms with Crippen LogP contribution in [0.4, 0.5) is 10.5 Å². The molecule has 5 rings (SSSR count). The van der Waals surface area contributed by atoms with Gasteiger partial charge in [0, 0.05) is 15.6 Å². The number of nitrogens with zero attached hydrogens (tertiary/aromatic N) is 1. The number of carbonyl (C=O) groups is 3. The van der Waals surface area contributed by atoms with Crippen LogP contribution in [0.2, 0.25) is 10.0 Å².